The van der Waals surface area contributed by atoms with E-state index in [2.05, 4.69) is 11.0 Å². The van der Waals surface area contributed by atoms with E-state index < -0.39 is 28.3 Å². The number of aliphatic carboxylic acids is 1. The van der Waals surface area contributed by atoms with Crippen LogP contribution in [0.25, 0.3) is 0 Å². The van der Waals surface area contributed by atoms with Crippen LogP contribution in [0.4, 0.5) is 0 Å². The van der Waals surface area contributed by atoms with Crippen LogP contribution >= 0.6 is 0 Å². The summed E-state index contributed by atoms with van der Waals surface area (Å²) in [5, 5.41) is 8.98. The summed E-state index contributed by atoms with van der Waals surface area (Å²) in [6.07, 6.45) is 2.54. The van der Waals surface area contributed by atoms with E-state index in [9.17, 15) is 13.2 Å². The molecule has 0 bridgehead atoms. The predicted octanol–water partition coefficient (Wildman–Crippen LogP) is -0.259. The first-order chi connectivity index (χ1) is 7.92. The number of hydrogen-bond donors (Lipinski definition) is 2. The third-order valence-electron chi connectivity index (χ3n) is 2.69. The first kappa shape index (κ1) is 15.8. The molecular weight excluding hydrogens is 337 g/mol. The minimum Gasteiger partial charge on any atom is -0.594 e. The van der Waals surface area contributed by atoms with Crippen molar-refractivity contribution in [3.05, 3.63) is 24.2 Å². The number of carbonyl (C=O) groups is 1. The van der Waals surface area contributed by atoms with Crippen molar-refractivity contribution in [1.82, 2.24) is 9.03 Å². The van der Waals surface area contributed by atoms with E-state index in [1.807, 2.05) is 0 Å². The van der Waals surface area contributed by atoms with Gasteiger partial charge in [-0.1, -0.05) is 0 Å². The van der Waals surface area contributed by atoms with Gasteiger partial charge in [0.05, 0.1) is 0 Å². The number of nitrogens with zero attached hydrogens (tertiary/aromatic N) is 1. The molecule has 1 aromatic rings. The van der Waals surface area contributed by atoms with Crippen molar-refractivity contribution in [3.63, 3.8) is 0 Å². The zero-order chi connectivity index (χ0) is 12.6. The Hall–Kier alpha value is -0.276. The van der Waals surface area contributed by atoms with Gasteiger partial charge in [0.1, 0.15) is 6.04 Å². The topological polar surface area (TPSA) is 99.8 Å². The average molecular weight is 348 g/mol. The summed E-state index contributed by atoms with van der Waals surface area (Å²) >= 11 is 0. The molecule has 7 nitrogen and oxygen atoms in total. The van der Waals surface area contributed by atoms with Crippen molar-refractivity contribution in [3.8, 4) is 0 Å². The van der Waals surface area contributed by atoms with Gasteiger partial charge in [0, 0.05) is 45.8 Å². The second-order valence-corrected chi connectivity index (χ2v) is 5.50. The Morgan fingerprint density at radius 3 is 2.83 bits per heavy atom. The van der Waals surface area contributed by atoms with Crippen LogP contribution in [0, 0.1) is 6.26 Å². The number of rotatable bonds is 2. The maximum Gasteiger partial charge on any atom is 0.322 e. The smallest absolute Gasteiger partial charge is 0.322 e. The molecule has 0 amide bonds. The molecule has 2 N–H and O–H groups in total. The van der Waals surface area contributed by atoms with E-state index in [-0.39, 0.29) is 39.1 Å². The van der Waals surface area contributed by atoms with Crippen molar-refractivity contribution in [2.24, 2.45) is 0 Å². The fourth-order valence-corrected chi connectivity index (χ4v) is 2.97. The van der Waals surface area contributed by atoms with Crippen molar-refractivity contribution in [1.29, 1.82) is 0 Å². The van der Waals surface area contributed by atoms with Gasteiger partial charge in [0.2, 0.25) is 0 Å². The number of carboxylic acids is 1. The third kappa shape index (κ3) is 3.00. The molecule has 1 saturated heterocycles. The quantitative estimate of drug-likeness (QED) is 0.718. The maximum absolute atomic E-state index is 11.7. The van der Waals surface area contributed by atoms with Gasteiger partial charge < -0.3 is 9.52 Å². The van der Waals surface area contributed by atoms with E-state index in [1.165, 1.54) is 13.1 Å². The summed E-state index contributed by atoms with van der Waals surface area (Å²) in [6, 6.07) is 1.27. The molecule has 0 spiro atoms. The molecule has 0 saturated carbocycles. The van der Waals surface area contributed by atoms with Crippen LogP contribution in [-0.2, 0) is 47.7 Å². The van der Waals surface area contributed by atoms with Gasteiger partial charge in [-0.2, -0.15) is 18.8 Å². The molecule has 97 valence electrons. The number of carboxylic acid groups (broad SMARTS) is 1. The maximum atomic E-state index is 11.7. The molecule has 2 atom stereocenters. The van der Waals surface area contributed by atoms with E-state index >= 15 is 0 Å². The van der Waals surface area contributed by atoms with Crippen LogP contribution in [0.2, 0.25) is 0 Å². The van der Waals surface area contributed by atoms with Crippen molar-refractivity contribution >= 4 is 16.2 Å². The number of furan rings is 1. The molecule has 18 heavy (non-hydrogen) atoms. The van der Waals surface area contributed by atoms with E-state index in [4.69, 9.17) is 9.52 Å². The van der Waals surface area contributed by atoms with Gasteiger partial charge in [0.25, 0.3) is 10.2 Å². The van der Waals surface area contributed by atoms with Gasteiger partial charge in [0.15, 0.2) is 0 Å². The zero-order valence-electron chi connectivity index (χ0n) is 9.53. The van der Waals surface area contributed by atoms with Crippen LogP contribution in [-0.4, -0.2) is 36.9 Å². The fourth-order valence-electron chi connectivity index (χ4n) is 1.72. The van der Waals surface area contributed by atoms with Crippen molar-refractivity contribution in [2.45, 2.75) is 18.5 Å². The Morgan fingerprint density at radius 2 is 2.33 bits per heavy atom. The van der Waals surface area contributed by atoms with Gasteiger partial charge in [-0.25, -0.2) is 4.72 Å². The minimum absolute atomic E-state index is 0. The summed E-state index contributed by atoms with van der Waals surface area (Å²) in [6.45, 7) is 0. The summed E-state index contributed by atoms with van der Waals surface area (Å²) < 4.78 is 31.5. The van der Waals surface area contributed by atoms with Crippen LogP contribution in [0.5, 0.6) is 0 Å². The Bertz CT molecular complexity index is 515. The molecule has 1 radical (unpaired) electrons. The average Bonchev–Trinajstić information content (AvgIpc) is 2.74. The Balaban J connectivity index is 0.00000162. The molecule has 0 aromatic carbocycles. The van der Waals surface area contributed by atoms with Crippen molar-refractivity contribution < 1.29 is 55.4 Å². The number of hydrogen-bond acceptors (Lipinski definition) is 4. The summed E-state index contributed by atoms with van der Waals surface area (Å²) in [4.78, 5) is 11.0. The normalized spacial score (nSPS) is 27.4. The molecule has 2 heterocycles. The Labute approximate surface area is 130 Å². The van der Waals surface area contributed by atoms with Gasteiger partial charge in [-0.05, 0) is 18.4 Å². The van der Waals surface area contributed by atoms with Gasteiger partial charge >= 0.3 is 5.97 Å². The van der Waals surface area contributed by atoms with E-state index in [0.717, 1.165) is 4.31 Å². The largest absolute Gasteiger partial charge is 0.594 e. The zero-order valence-corrected chi connectivity index (χ0v) is 13.2. The van der Waals surface area contributed by atoms with E-state index in [1.54, 1.807) is 6.07 Å². The minimum atomic E-state index is -3.80. The first-order valence-corrected chi connectivity index (χ1v) is 6.29. The monoisotopic (exact) mass is 348 g/mol. The molecule has 1 aliphatic rings. The first-order valence-electron chi connectivity index (χ1n) is 4.85. The Morgan fingerprint density at radius 1 is 1.67 bits per heavy atom. The van der Waals surface area contributed by atoms with E-state index in [0.29, 0.717) is 5.76 Å². The molecule has 9 heteroatoms. The van der Waals surface area contributed by atoms with Crippen LogP contribution in [0.15, 0.2) is 16.5 Å². The van der Waals surface area contributed by atoms with Crippen LogP contribution in [0.3, 0.4) is 0 Å². The molecule has 0 aliphatic carbocycles. The predicted molar refractivity (Wildman–Crippen MR) is 56.1 cm³/mol. The molecule has 1 aromatic heterocycles. The van der Waals surface area contributed by atoms with Crippen LogP contribution < -0.4 is 4.72 Å². The SMILES string of the molecule is CN1C(C(=O)O)CC(c2cc[c-]o2)NS1(=O)=O.[Y]. The second-order valence-electron chi connectivity index (χ2n) is 3.74. The second kappa shape index (κ2) is 5.79. The van der Waals surface area contributed by atoms with Crippen LogP contribution in [0.1, 0.15) is 18.2 Å². The van der Waals surface area contributed by atoms with Crippen molar-refractivity contribution in [2.75, 3.05) is 7.05 Å². The standard InChI is InChI=1S/C9H11N2O5S.Y/c1-11-7(9(12)13)5-6(10-17(11,14)15)8-3-2-4-16-8;/h2-3,6-7,10H,5H2,1H3,(H,12,13);/q-1;. The molecule has 2 rings (SSSR count). The number of likely N-dealkylation sites (N-methyl/N-ethyl adjacent to an activating group) is 1. The third-order valence-corrected chi connectivity index (χ3v) is 4.28. The number of nitrogens with one attached hydrogen (secondary N) is 1. The Kier molecular flexibility index (Phi) is 5.08. The van der Waals surface area contributed by atoms with Gasteiger partial charge in [-0.3, -0.25) is 4.79 Å². The molecule has 1 fully saturated rings. The summed E-state index contributed by atoms with van der Waals surface area (Å²) in [7, 11) is -2.57. The molecule has 2 unspecified atom stereocenters. The molecule has 1 aliphatic heterocycles. The molecular formula is C9H11N2O5SY-. The fraction of sp³-hybridized carbons (Fsp3) is 0.444. The van der Waals surface area contributed by atoms with Gasteiger partial charge in [-0.15, -0.1) is 6.07 Å². The summed E-state index contributed by atoms with van der Waals surface area (Å²) in [5.41, 5.74) is 0. The summed E-state index contributed by atoms with van der Waals surface area (Å²) in [5.74, 6) is -0.828.